The van der Waals surface area contributed by atoms with Gasteiger partial charge in [0.2, 0.25) is 5.91 Å². The highest BCUT2D eigenvalue weighted by Crippen LogP contribution is 2.39. The Balaban J connectivity index is 2.39. The van der Waals surface area contributed by atoms with Crippen LogP contribution in [-0.2, 0) is 15.0 Å². The Morgan fingerprint density at radius 3 is 2.67 bits per heavy atom. The molecule has 0 aromatic rings. The Hall–Kier alpha value is -0.660. The van der Waals surface area contributed by atoms with Gasteiger partial charge in [-0.3, -0.25) is 4.79 Å². The second-order valence-corrected chi connectivity index (χ2v) is 6.19. The third kappa shape index (κ3) is 1.45. The molecule has 3 N–H and O–H groups in total. The molecule has 1 amide bonds. The molecule has 2 saturated heterocycles. The molecular weight excluding hydrogens is 218 g/mol. The second-order valence-electron chi connectivity index (χ2n) is 4.69. The number of hydrogen-bond donors (Lipinski definition) is 2. The Kier molecular flexibility index (Phi) is 2.12. The Bertz CT molecular complexity index is 403. The van der Waals surface area contributed by atoms with E-state index in [9.17, 15) is 13.2 Å². The van der Waals surface area contributed by atoms with E-state index in [1.54, 1.807) is 13.8 Å². The van der Waals surface area contributed by atoms with Crippen LogP contribution in [0.3, 0.4) is 0 Å². The van der Waals surface area contributed by atoms with Crippen molar-refractivity contribution < 1.29 is 13.2 Å². The summed E-state index contributed by atoms with van der Waals surface area (Å²) in [5.41, 5.74) is -0.701. The number of hydrogen-bond acceptors (Lipinski definition) is 3. The Morgan fingerprint density at radius 1 is 1.53 bits per heavy atom. The van der Waals surface area contributed by atoms with Gasteiger partial charge < -0.3 is 5.32 Å². The van der Waals surface area contributed by atoms with Crippen LogP contribution in [-0.4, -0.2) is 37.3 Å². The fourth-order valence-electron chi connectivity index (χ4n) is 2.55. The molecule has 0 radical (unpaired) electrons. The maximum atomic E-state index is 11.6. The number of carbonyl (C=O) groups is 1. The number of carbonyl (C=O) groups excluding carboxylic acids is 1. The van der Waals surface area contributed by atoms with Crippen molar-refractivity contribution in [2.45, 2.75) is 32.4 Å². The normalized spacial score (nSPS) is 35.3. The van der Waals surface area contributed by atoms with E-state index in [0.29, 0.717) is 13.0 Å². The van der Waals surface area contributed by atoms with Crippen LogP contribution in [0.5, 0.6) is 0 Å². The highest BCUT2D eigenvalue weighted by Gasteiger charge is 2.56. The Morgan fingerprint density at radius 2 is 2.13 bits per heavy atom. The maximum Gasteiger partial charge on any atom is 0.277 e. The van der Waals surface area contributed by atoms with Gasteiger partial charge in [0.05, 0.1) is 11.5 Å². The van der Waals surface area contributed by atoms with E-state index in [2.05, 4.69) is 5.32 Å². The van der Waals surface area contributed by atoms with E-state index in [-0.39, 0.29) is 18.0 Å². The summed E-state index contributed by atoms with van der Waals surface area (Å²) in [6, 6.07) is -0.439. The fourth-order valence-corrected chi connectivity index (χ4v) is 3.64. The van der Waals surface area contributed by atoms with Crippen molar-refractivity contribution >= 4 is 16.1 Å². The largest absolute Gasteiger partial charge is 0.351 e. The molecule has 2 aliphatic heterocycles. The molecule has 0 aromatic carbocycles. The minimum Gasteiger partial charge on any atom is -0.351 e. The van der Waals surface area contributed by atoms with Gasteiger partial charge in [0.1, 0.15) is 0 Å². The number of amides is 1. The molecule has 0 spiro atoms. The lowest BCUT2D eigenvalue weighted by Crippen LogP contribution is -2.48. The molecule has 0 bridgehead atoms. The molecule has 2 fully saturated rings. The molecule has 2 aliphatic rings. The zero-order valence-corrected chi connectivity index (χ0v) is 9.54. The molecule has 0 saturated carbocycles. The zero-order chi connectivity index (χ0) is 11.4. The van der Waals surface area contributed by atoms with Crippen molar-refractivity contribution in [3.8, 4) is 0 Å². The van der Waals surface area contributed by atoms with Crippen LogP contribution >= 0.6 is 0 Å². The second kappa shape index (κ2) is 2.93. The molecule has 6 nitrogen and oxygen atoms in total. The first-order valence-corrected chi connectivity index (χ1v) is 6.35. The number of nitrogens with one attached hydrogen (secondary N) is 1. The highest BCUT2D eigenvalue weighted by molar-refractivity contribution is 7.86. The third-order valence-electron chi connectivity index (χ3n) is 3.32. The lowest BCUT2D eigenvalue weighted by molar-refractivity contribution is -0.127. The molecule has 15 heavy (non-hydrogen) atoms. The van der Waals surface area contributed by atoms with Crippen molar-refractivity contribution in [2.24, 2.45) is 10.6 Å². The quantitative estimate of drug-likeness (QED) is 0.595. The van der Waals surface area contributed by atoms with Gasteiger partial charge in [-0.25, -0.2) is 5.14 Å². The summed E-state index contributed by atoms with van der Waals surface area (Å²) in [5, 5.41) is 7.93. The van der Waals surface area contributed by atoms with E-state index < -0.39 is 15.6 Å². The average Bonchev–Trinajstić information content (AvgIpc) is 2.54. The van der Waals surface area contributed by atoms with Gasteiger partial charge in [-0.2, -0.15) is 12.7 Å². The van der Waals surface area contributed by atoms with Gasteiger partial charge in [0.25, 0.3) is 10.2 Å². The van der Waals surface area contributed by atoms with Crippen LogP contribution in [0.15, 0.2) is 0 Å². The molecule has 0 aliphatic carbocycles. The summed E-state index contributed by atoms with van der Waals surface area (Å²) in [6.45, 7) is 3.88. The predicted octanol–water partition coefficient (Wildman–Crippen LogP) is -1.21. The number of nitrogens with zero attached hydrogens (tertiary/aromatic N) is 1. The summed E-state index contributed by atoms with van der Waals surface area (Å²) < 4.78 is 23.9. The van der Waals surface area contributed by atoms with Crippen LogP contribution in [0.25, 0.3) is 0 Å². The first-order chi connectivity index (χ1) is 6.74. The van der Waals surface area contributed by atoms with Crippen LogP contribution in [0, 0.1) is 5.41 Å². The van der Waals surface area contributed by atoms with E-state index in [0.717, 1.165) is 0 Å². The van der Waals surface area contributed by atoms with Gasteiger partial charge in [0.15, 0.2) is 0 Å². The topological polar surface area (TPSA) is 92.5 Å². The molecular formula is C8H15N3O3S. The molecule has 7 heteroatoms. The van der Waals surface area contributed by atoms with Crippen molar-refractivity contribution in [3.63, 3.8) is 0 Å². The first-order valence-electron chi connectivity index (χ1n) is 4.85. The molecule has 2 rings (SSSR count). The summed E-state index contributed by atoms with van der Waals surface area (Å²) in [4.78, 5) is 11.6. The lowest BCUT2D eigenvalue weighted by Gasteiger charge is -2.29. The smallest absolute Gasteiger partial charge is 0.277 e. The van der Waals surface area contributed by atoms with Crippen molar-refractivity contribution in [2.75, 3.05) is 6.54 Å². The van der Waals surface area contributed by atoms with Gasteiger partial charge in [-0.05, 0) is 20.3 Å². The lowest BCUT2D eigenvalue weighted by atomic mass is 9.85. The van der Waals surface area contributed by atoms with Gasteiger partial charge in [0, 0.05) is 12.6 Å². The van der Waals surface area contributed by atoms with Gasteiger partial charge >= 0.3 is 0 Å². The predicted molar refractivity (Wildman–Crippen MR) is 53.9 cm³/mol. The highest BCUT2D eigenvalue weighted by atomic mass is 32.2. The SMILES string of the molecule is CC1(C)C(=O)NC2CCN(S(N)(=O)=O)C21. The van der Waals surface area contributed by atoms with Crippen LogP contribution in [0.2, 0.25) is 0 Å². The average molecular weight is 233 g/mol. The molecule has 2 atom stereocenters. The summed E-state index contributed by atoms with van der Waals surface area (Å²) in [5.74, 6) is -0.106. The summed E-state index contributed by atoms with van der Waals surface area (Å²) in [7, 11) is -3.71. The molecule has 2 unspecified atom stereocenters. The number of rotatable bonds is 1. The summed E-state index contributed by atoms with van der Waals surface area (Å²) in [6.07, 6.45) is 0.635. The van der Waals surface area contributed by atoms with Gasteiger partial charge in [-0.1, -0.05) is 0 Å². The summed E-state index contributed by atoms with van der Waals surface area (Å²) >= 11 is 0. The molecule has 0 aromatic heterocycles. The van der Waals surface area contributed by atoms with Crippen LogP contribution in [0.4, 0.5) is 0 Å². The number of fused-ring (bicyclic) bond motifs is 1. The maximum absolute atomic E-state index is 11.6. The van der Waals surface area contributed by atoms with Crippen LogP contribution in [0.1, 0.15) is 20.3 Å². The monoisotopic (exact) mass is 233 g/mol. The zero-order valence-electron chi connectivity index (χ0n) is 8.73. The third-order valence-corrected chi connectivity index (χ3v) is 4.38. The minimum absolute atomic E-state index is 0.0918. The van der Waals surface area contributed by atoms with E-state index in [1.165, 1.54) is 4.31 Å². The van der Waals surface area contributed by atoms with Crippen molar-refractivity contribution in [1.82, 2.24) is 9.62 Å². The van der Waals surface area contributed by atoms with E-state index in [1.807, 2.05) is 0 Å². The standard InChI is InChI=1S/C8H15N3O3S/c1-8(2)6-5(10-7(8)12)3-4-11(6)15(9,13)14/h5-6H,3-4H2,1-2H3,(H,10,12)(H2,9,13,14). The fraction of sp³-hybridized carbons (Fsp3) is 0.875. The minimum atomic E-state index is -3.71. The van der Waals surface area contributed by atoms with Gasteiger partial charge in [-0.15, -0.1) is 0 Å². The van der Waals surface area contributed by atoms with Crippen molar-refractivity contribution in [3.05, 3.63) is 0 Å². The van der Waals surface area contributed by atoms with E-state index in [4.69, 9.17) is 5.14 Å². The van der Waals surface area contributed by atoms with Crippen LogP contribution < -0.4 is 10.5 Å². The molecule has 2 heterocycles. The first kappa shape index (κ1) is 10.8. The number of nitrogens with two attached hydrogens (primary N) is 1. The van der Waals surface area contributed by atoms with Crippen molar-refractivity contribution in [1.29, 1.82) is 0 Å². The molecule has 86 valence electrons. The van der Waals surface area contributed by atoms with E-state index >= 15 is 0 Å². The Labute approximate surface area is 89.0 Å².